The van der Waals surface area contributed by atoms with Gasteiger partial charge in [0.1, 0.15) is 0 Å². The summed E-state index contributed by atoms with van der Waals surface area (Å²) in [4.78, 5) is 4.31. The van der Waals surface area contributed by atoms with Crippen LogP contribution in [0.4, 0.5) is 0 Å². The summed E-state index contributed by atoms with van der Waals surface area (Å²) in [6, 6.07) is 0.370. The molecule has 3 atom stereocenters. The number of aliphatic hydroxyl groups is 1. The molecule has 3 rings (SSSR count). The van der Waals surface area contributed by atoms with E-state index in [1.54, 1.807) is 7.05 Å². The first-order chi connectivity index (χ1) is 10.2. The second kappa shape index (κ2) is 6.50. The minimum atomic E-state index is -0.0823. The highest BCUT2D eigenvalue weighted by atomic mass is 16.5. The van der Waals surface area contributed by atoms with Gasteiger partial charge in [0, 0.05) is 32.2 Å². The van der Waals surface area contributed by atoms with E-state index >= 15 is 0 Å². The molecule has 0 saturated carbocycles. The van der Waals surface area contributed by atoms with Crippen molar-refractivity contribution in [3.63, 3.8) is 0 Å². The maximum atomic E-state index is 9.72. The number of hydrogen-bond donors (Lipinski definition) is 3. The molecule has 0 amide bonds. The normalized spacial score (nSPS) is 35.0. The first-order valence-corrected chi connectivity index (χ1v) is 8.06. The molecule has 2 bridgehead atoms. The number of ether oxygens (including phenoxy) is 2. The van der Waals surface area contributed by atoms with Crippen LogP contribution < -0.4 is 10.6 Å². The van der Waals surface area contributed by atoms with Crippen LogP contribution in [-0.4, -0.2) is 62.7 Å². The lowest BCUT2D eigenvalue weighted by molar-refractivity contribution is -0.0132. The summed E-state index contributed by atoms with van der Waals surface area (Å²) in [5, 5.41) is 16.6. The third-order valence-corrected chi connectivity index (χ3v) is 5.17. The van der Waals surface area contributed by atoms with Gasteiger partial charge in [0.2, 0.25) is 0 Å². The van der Waals surface area contributed by atoms with Crippen molar-refractivity contribution >= 4 is 5.96 Å². The van der Waals surface area contributed by atoms with E-state index in [1.807, 2.05) is 0 Å². The van der Waals surface area contributed by atoms with Crippen molar-refractivity contribution in [2.45, 2.75) is 50.4 Å². The molecule has 3 fully saturated rings. The van der Waals surface area contributed by atoms with E-state index in [4.69, 9.17) is 9.47 Å². The second-order valence-corrected chi connectivity index (χ2v) is 6.56. The molecule has 120 valence electrons. The molecule has 3 heterocycles. The van der Waals surface area contributed by atoms with Gasteiger partial charge in [0.25, 0.3) is 0 Å². The van der Waals surface area contributed by atoms with E-state index in [9.17, 15) is 5.11 Å². The third-order valence-electron chi connectivity index (χ3n) is 5.17. The van der Waals surface area contributed by atoms with Gasteiger partial charge < -0.3 is 25.2 Å². The number of aliphatic imine (C=N–C) groups is 1. The van der Waals surface area contributed by atoms with Gasteiger partial charge in [-0.3, -0.25) is 4.99 Å². The minimum absolute atomic E-state index is 0.0823. The predicted molar refractivity (Wildman–Crippen MR) is 80.4 cm³/mol. The van der Waals surface area contributed by atoms with Crippen molar-refractivity contribution in [2.75, 3.05) is 33.4 Å². The monoisotopic (exact) mass is 297 g/mol. The maximum Gasteiger partial charge on any atom is 0.191 e. The summed E-state index contributed by atoms with van der Waals surface area (Å²) in [6.07, 6.45) is 5.98. The Morgan fingerprint density at radius 3 is 2.71 bits per heavy atom. The lowest BCUT2D eigenvalue weighted by atomic mass is 9.81. The summed E-state index contributed by atoms with van der Waals surface area (Å²) in [5.74, 6) is 0.815. The SMILES string of the molecule is CN=C(NCC1(CO)CCOCC1)NC1CC2CCC1O2. The number of guanidine groups is 1. The van der Waals surface area contributed by atoms with Crippen LogP contribution in [0.2, 0.25) is 0 Å². The predicted octanol–water partition coefficient (Wildman–Crippen LogP) is 0.260. The van der Waals surface area contributed by atoms with Crippen molar-refractivity contribution < 1.29 is 14.6 Å². The molecule has 6 nitrogen and oxygen atoms in total. The standard InChI is InChI=1S/C15H27N3O3/c1-16-14(18-12-8-11-2-3-13(12)21-11)17-9-15(10-19)4-6-20-7-5-15/h11-13,19H,2-10H2,1H3,(H2,16,17,18). The zero-order valence-corrected chi connectivity index (χ0v) is 12.8. The Morgan fingerprint density at radius 2 is 2.14 bits per heavy atom. The molecule has 3 unspecified atom stereocenters. The first kappa shape index (κ1) is 15.1. The van der Waals surface area contributed by atoms with E-state index < -0.39 is 0 Å². The fourth-order valence-corrected chi connectivity index (χ4v) is 3.63. The summed E-state index contributed by atoms with van der Waals surface area (Å²) >= 11 is 0. The van der Waals surface area contributed by atoms with Crippen molar-refractivity contribution in [1.82, 2.24) is 10.6 Å². The molecular formula is C15H27N3O3. The second-order valence-electron chi connectivity index (χ2n) is 6.56. The Kier molecular flexibility index (Phi) is 4.66. The zero-order chi connectivity index (χ0) is 14.7. The summed E-state index contributed by atoms with van der Waals surface area (Å²) in [7, 11) is 1.79. The van der Waals surface area contributed by atoms with E-state index in [2.05, 4.69) is 15.6 Å². The average Bonchev–Trinajstić information content (AvgIpc) is 3.15. The van der Waals surface area contributed by atoms with Crippen LogP contribution >= 0.6 is 0 Å². The van der Waals surface area contributed by atoms with E-state index in [0.717, 1.165) is 51.4 Å². The highest BCUT2D eigenvalue weighted by Crippen LogP contribution is 2.34. The smallest absolute Gasteiger partial charge is 0.191 e. The van der Waals surface area contributed by atoms with Crippen LogP contribution in [0.25, 0.3) is 0 Å². The Hall–Kier alpha value is -0.850. The molecule has 3 aliphatic heterocycles. The molecule has 0 aromatic rings. The molecule has 3 aliphatic rings. The maximum absolute atomic E-state index is 9.72. The molecular weight excluding hydrogens is 270 g/mol. The van der Waals surface area contributed by atoms with Gasteiger partial charge in [-0.2, -0.15) is 0 Å². The fourth-order valence-electron chi connectivity index (χ4n) is 3.63. The van der Waals surface area contributed by atoms with Crippen LogP contribution in [0.15, 0.2) is 4.99 Å². The highest BCUT2D eigenvalue weighted by Gasteiger charge is 2.41. The van der Waals surface area contributed by atoms with E-state index in [1.165, 1.54) is 6.42 Å². The van der Waals surface area contributed by atoms with Crippen LogP contribution in [0.3, 0.4) is 0 Å². The lowest BCUT2D eigenvalue weighted by Gasteiger charge is -2.36. The summed E-state index contributed by atoms with van der Waals surface area (Å²) in [5.41, 5.74) is -0.0823. The number of nitrogens with one attached hydrogen (secondary N) is 2. The Bertz CT molecular complexity index is 382. The third kappa shape index (κ3) is 3.33. The summed E-state index contributed by atoms with van der Waals surface area (Å²) in [6.45, 7) is 2.38. The van der Waals surface area contributed by atoms with Gasteiger partial charge in [-0.25, -0.2) is 0 Å². The number of hydrogen-bond acceptors (Lipinski definition) is 4. The Labute approximate surface area is 126 Å². The van der Waals surface area contributed by atoms with Crippen LogP contribution in [-0.2, 0) is 9.47 Å². The van der Waals surface area contributed by atoms with Crippen LogP contribution in [0.1, 0.15) is 32.1 Å². The van der Waals surface area contributed by atoms with Gasteiger partial charge in [-0.05, 0) is 32.1 Å². The molecule has 3 N–H and O–H groups in total. The molecule has 3 saturated heterocycles. The average molecular weight is 297 g/mol. The van der Waals surface area contributed by atoms with E-state index in [-0.39, 0.29) is 12.0 Å². The molecule has 6 heteroatoms. The van der Waals surface area contributed by atoms with Crippen molar-refractivity contribution in [3.8, 4) is 0 Å². The number of aliphatic hydroxyl groups excluding tert-OH is 1. The molecule has 0 spiro atoms. The molecule has 0 aliphatic carbocycles. The first-order valence-electron chi connectivity index (χ1n) is 8.06. The Morgan fingerprint density at radius 1 is 1.33 bits per heavy atom. The van der Waals surface area contributed by atoms with Crippen molar-refractivity contribution in [1.29, 1.82) is 0 Å². The van der Waals surface area contributed by atoms with Gasteiger partial charge >= 0.3 is 0 Å². The quantitative estimate of drug-likeness (QED) is 0.513. The van der Waals surface area contributed by atoms with Gasteiger partial charge in [0.05, 0.1) is 24.9 Å². The molecule has 21 heavy (non-hydrogen) atoms. The van der Waals surface area contributed by atoms with Crippen molar-refractivity contribution in [2.24, 2.45) is 10.4 Å². The number of rotatable bonds is 4. The topological polar surface area (TPSA) is 75.1 Å². The highest BCUT2D eigenvalue weighted by molar-refractivity contribution is 5.80. The van der Waals surface area contributed by atoms with Gasteiger partial charge in [-0.15, -0.1) is 0 Å². The van der Waals surface area contributed by atoms with Crippen molar-refractivity contribution in [3.05, 3.63) is 0 Å². The molecule has 0 aromatic heterocycles. The van der Waals surface area contributed by atoms with Gasteiger partial charge in [-0.1, -0.05) is 0 Å². The van der Waals surface area contributed by atoms with E-state index in [0.29, 0.717) is 18.2 Å². The van der Waals surface area contributed by atoms with Crippen LogP contribution in [0, 0.1) is 5.41 Å². The number of nitrogens with zero attached hydrogens (tertiary/aromatic N) is 1. The lowest BCUT2D eigenvalue weighted by Crippen LogP contribution is -2.51. The van der Waals surface area contributed by atoms with Crippen LogP contribution in [0.5, 0.6) is 0 Å². The van der Waals surface area contributed by atoms with Gasteiger partial charge in [0.15, 0.2) is 5.96 Å². The molecule has 0 radical (unpaired) electrons. The fraction of sp³-hybridized carbons (Fsp3) is 0.933. The number of fused-ring (bicyclic) bond motifs is 2. The Balaban J connectivity index is 1.50. The zero-order valence-electron chi connectivity index (χ0n) is 12.8. The summed E-state index contributed by atoms with van der Waals surface area (Å²) < 4.78 is 11.3. The molecule has 0 aromatic carbocycles. The minimum Gasteiger partial charge on any atom is -0.396 e. The largest absolute Gasteiger partial charge is 0.396 e.